The number of hydrogen-bond acceptors (Lipinski definition) is 31. The fourth-order valence-corrected chi connectivity index (χ4v) is 12.1. The van der Waals surface area contributed by atoms with Gasteiger partial charge in [-0.3, -0.25) is 33.6 Å². The van der Waals surface area contributed by atoms with E-state index >= 15 is 4.79 Å². The number of ether oxygens (including phenoxy) is 5. The molecule has 532 valence electrons. The smallest absolute Gasteiger partial charge is 0.404 e. The van der Waals surface area contributed by atoms with Crippen molar-refractivity contribution < 1.29 is 103 Å². The lowest BCUT2D eigenvalue weighted by Gasteiger charge is -2.47. The highest BCUT2D eigenvalue weighted by atomic mass is 32.2. The van der Waals surface area contributed by atoms with Gasteiger partial charge in [0.2, 0.25) is 29.5 Å². The number of nitrogens with two attached hydrogens (primary N) is 5. The van der Waals surface area contributed by atoms with E-state index < -0.39 is 183 Å². The second-order valence-corrected chi connectivity index (χ2v) is 27.0. The Morgan fingerprint density at radius 1 is 0.781 bits per heavy atom. The van der Waals surface area contributed by atoms with Crippen LogP contribution in [-0.4, -0.2) is 267 Å². The van der Waals surface area contributed by atoms with E-state index in [1.165, 1.54) is 50.4 Å². The van der Waals surface area contributed by atoms with Crippen LogP contribution >= 0.6 is 22.7 Å². The summed E-state index contributed by atoms with van der Waals surface area (Å²) in [7, 11) is 0.254. The lowest BCUT2D eigenvalue weighted by Crippen LogP contribution is -2.65. The third-order valence-corrected chi connectivity index (χ3v) is 18.2. The van der Waals surface area contributed by atoms with Crippen LogP contribution in [0, 0.1) is 12.8 Å². The number of H-pyrrole nitrogens is 1. The Labute approximate surface area is 559 Å². The minimum Gasteiger partial charge on any atom is -0.441 e. The molecule has 0 saturated carbocycles. The molecule has 2 aliphatic rings. The highest BCUT2D eigenvalue weighted by molar-refractivity contribution is 7.95. The van der Waals surface area contributed by atoms with Crippen LogP contribution in [0.4, 0.5) is 10.6 Å². The van der Waals surface area contributed by atoms with Gasteiger partial charge in [-0.1, -0.05) is 6.92 Å². The molecule has 6 heterocycles. The second-order valence-electron chi connectivity index (χ2n) is 22.8. The third kappa shape index (κ3) is 20.6. The van der Waals surface area contributed by atoms with Crippen LogP contribution in [0.5, 0.6) is 0 Å². The van der Waals surface area contributed by atoms with Crippen molar-refractivity contribution in [3.8, 4) is 10.7 Å². The highest BCUT2D eigenvalue weighted by Crippen LogP contribution is 2.35. The summed E-state index contributed by atoms with van der Waals surface area (Å²) < 4.78 is 28.7. The van der Waals surface area contributed by atoms with Crippen LogP contribution in [0.2, 0.25) is 0 Å². The average Bonchev–Trinajstić information content (AvgIpc) is 0.885. The average molecular weight is 1420 g/mol. The number of nitrogens with zero attached hydrogens (tertiary/aromatic N) is 5. The first-order chi connectivity index (χ1) is 45.3. The Bertz CT molecular complexity index is 3280. The number of amides is 8. The SMILES string of the molecule is Cc1c(N)nc([C@H](CC(N)=O)NC[C@H](N)C(N)=O)nc1C(=O)N[C@H](C(=O)N[C@@H](C)[C@@H](O)[C@H](C)C(=O)N[C@H](C(=O)NCCc1nc(-c2nc(C(=O)NCCC[S+](C)C)cs2)cs1)[C@@H](C)O)[C@@H](O[C@@H]1O[C@@H](CO)[C@@H](O)[C@@H](O)[C@@H]1O[C@H]1O[C@H](CO)[C@@H](O)[C@H](OC(N)=O)[C@@H]1O)c1cnc[nH]1. The van der Waals surface area contributed by atoms with Gasteiger partial charge in [-0.25, -0.2) is 29.7 Å². The van der Waals surface area contributed by atoms with E-state index in [-0.39, 0.29) is 64.9 Å². The lowest BCUT2D eigenvalue weighted by atomic mass is 9.96. The number of aromatic amines is 1. The fourth-order valence-electron chi connectivity index (χ4n) is 9.80. The molecule has 41 heteroatoms. The minimum absolute atomic E-state index is 0.00498. The van der Waals surface area contributed by atoms with Gasteiger partial charge in [0, 0.05) is 55.2 Å². The molecule has 4 aromatic heterocycles. The van der Waals surface area contributed by atoms with Gasteiger partial charge in [-0.15, -0.1) is 22.7 Å². The largest absolute Gasteiger partial charge is 0.441 e. The van der Waals surface area contributed by atoms with Gasteiger partial charge in [0.25, 0.3) is 11.8 Å². The lowest BCUT2D eigenvalue weighted by molar-refractivity contribution is -0.372. The molecule has 0 aromatic carbocycles. The summed E-state index contributed by atoms with van der Waals surface area (Å²) in [6, 6.07) is -7.85. The number of nitrogen functional groups attached to an aromatic ring is 1. The molecule has 0 unspecified atom stereocenters. The van der Waals surface area contributed by atoms with Crippen molar-refractivity contribution in [2.24, 2.45) is 28.9 Å². The zero-order chi connectivity index (χ0) is 71.0. The van der Waals surface area contributed by atoms with Crippen molar-refractivity contribution in [3.05, 3.63) is 56.8 Å². The molecule has 19 atom stereocenters. The minimum atomic E-state index is -2.20. The van der Waals surface area contributed by atoms with Gasteiger partial charge < -0.3 is 130 Å². The van der Waals surface area contributed by atoms with Crippen molar-refractivity contribution >= 4 is 86.8 Å². The standard InChI is InChI=1S/C55H83N17O21S3/c1-20-33(69-46(72-44(20)58)25(12-31(57)76)64-13-24(56)45(59)82)50(86)71-35(41(26-14-61-19-65-26)91-54-43(39(80)37(78)29(15-73)90-54)92-53-40(81)42(93-55(60)88)38(79)30(16-74)89-53)51(87)66-22(3)36(77)21(2)47(83)70-34(23(4)75)49(85)63-10-8-32-67-28(18-94-32)52-68-27(17-95-52)48(84)62-9-7-11-96(5)6/h14,17-19,21-25,29-30,34-43,53-54,64,73-75,77-81H,7-13,15-16,56H2,1-6H3,(H13-,57,58,59,60,61,62,63,65,66,69,70,71,72,76,82,83,84,85,86,87,88)/p+1/t21-,22-,23+,24-,25-,29-,30+,34-,35-,36-,37+,38+,39+,40-,41-,42-,43-,53+,54-/m0/s1. The number of carbonyl (C=O) groups excluding carboxylic acids is 8. The molecular formula is C55H84N17O21S3+. The molecule has 4 aromatic rings. The number of carbonyl (C=O) groups is 8. The number of aliphatic hydroxyl groups excluding tert-OH is 8. The molecular weight excluding hydrogens is 1330 g/mol. The molecule has 6 rings (SSSR count). The number of nitrogens with one attached hydrogen (secondary N) is 7. The Morgan fingerprint density at radius 2 is 1.47 bits per heavy atom. The summed E-state index contributed by atoms with van der Waals surface area (Å²) >= 11 is 2.52. The normalized spacial score (nSPS) is 24.0. The number of aromatic nitrogens is 6. The van der Waals surface area contributed by atoms with Gasteiger partial charge in [0.1, 0.15) is 100 Å². The maximum absolute atomic E-state index is 15.2. The van der Waals surface area contributed by atoms with Crippen molar-refractivity contribution in [2.75, 3.05) is 56.8 Å². The quantitative estimate of drug-likeness (QED) is 0.0150. The summed E-state index contributed by atoms with van der Waals surface area (Å²) in [4.78, 5) is 131. The second kappa shape index (κ2) is 35.8. The van der Waals surface area contributed by atoms with E-state index in [0.717, 1.165) is 24.7 Å². The Morgan fingerprint density at radius 3 is 2.09 bits per heavy atom. The first kappa shape index (κ1) is 77.7. The van der Waals surface area contributed by atoms with Crippen molar-refractivity contribution in [3.63, 3.8) is 0 Å². The van der Waals surface area contributed by atoms with Gasteiger partial charge >= 0.3 is 6.09 Å². The van der Waals surface area contributed by atoms with Gasteiger partial charge in [0.05, 0.1) is 85.2 Å². The van der Waals surface area contributed by atoms with Crippen LogP contribution in [0.15, 0.2) is 23.3 Å². The number of imidazole rings is 1. The Balaban J connectivity index is 1.26. The van der Waals surface area contributed by atoms with E-state index in [9.17, 15) is 74.4 Å². The zero-order valence-electron chi connectivity index (χ0n) is 52.9. The van der Waals surface area contributed by atoms with Crippen molar-refractivity contribution in [1.82, 2.24) is 61.8 Å². The third-order valence-electron chi connectivity index (χ3n) is 15.3. The van der Waals surface area contributed by atoms with Crippen LogP contribution in [0.3, 0.4) is 0 Å². The number of anilines is 1. The number of hydrogen-bond donors (Lipinski definition) is 20. The summed E-state index contributed by atoms with van der Waals surface area (Å²) in [5, 5.41) is 108. The summed E-state index contributed by atoms with van der Waals surface area (Å²) in [5.74, 6) is -7.69. The maximum Gasteiger partial charge on any atom is 0.404 e. The first-order valence-electron chi connectivity index (χ1n) is 29.8. The van der Waals surface area contributed by atoms with Crippen LogP contribution in [-0.2, 0) is 65.0 Å². The molecule has 0 radical (unpaired) electrons. The van der Waals surface area contributed by atoms with Crippen molar-refractivity contribution in [1.29, 1.82) is 0 Å². The first-order valence-corrected chi connectivity index (χ1v) is 33.8. The molecule has 25 N–H and O–H groups in total. The monoisotopic (exact) mass is 1410 g/mol. The number of rotatable bonds is 35. The number of thiazole rings is 2. The molecule has 8 amide bonds. The fraction of sp³-hybridized carbons (Fsp3) is 0.618. The van der Waals surface area contributed by atoms with Crippen molar-refractivity contribution in [2.45, 2.75) is 157 Å². The number of aliphatic hydroxyl groups is 8. The maximum atomic E-state index is 15.2. The number of primary amides is 3. The van der Waals surface area contributed by atoms with E-state index in [2.05, 4.69) is 74.3 Å². The predicted octanol–water partition coefficient (Wildman–Crippen LogP) is -7.70. The Kier molecular flexibility index (Phi) is 29.0. The van der Waals surface area contributed by atoms with Gasteiger partial charge in [-0.05, 0) is 31.7 Å². The van der Waals surface area contributed by atoms with E-state index in [1.807, 2.05) is 0 Å². The summed E-state index contributed by atoms with van der Waals surface area (Å²) in [6.45, 7) is 3.18. The molecule has 0 spiro atoms. The van der Waals surface area contributed by atoms with Crippen LogP contribution in [0.1, 0.15) is 88.8 Å². The molecule has 96 heavy (non-hydrogen) atoms. The molecule has 2 fully saturated rings. The van der Waals surface area contributed by atoms with Gasteiger partial charge in [0.15, 0.2) is 18.7 Å². The zero-order valence-corrected chi connectivity index (χ0v) is 55.3. The van der Waals surface area contributed by atoms with Gasteiger partial charge in [-0.2, -0.15) is 0 Å². The summed E-state index contributed by atoms with van der Waals surface area (Å²) in [6.07, 6.45) is -20.0. The summed E-state index contributed by atoms with van der Waals surface area (Å²) in [5.41, 5.74) is 28.1. The Hall–Kier alpha value is -7.30. The van der Waals surface area contributed by atoms with E-state index in [4.69, 9.17) is 52.4 Å². The van der Waals surface area contributed by atoms with E-state index in [0.29, 0.717) is 22.3 Å². The van der Waals surface area contributed by atoms with Crippen LogP contribution in [0.25, 0.3) is 10.7 Å². The highest BCUT2D eigenvalue weighted by Gasteiger charge is 2.54. The molecule has 2 aliphatic heterocycles. The molecule has 38 nitrogen and oxygen atoms in total. The molecule has 2 saturated heterocycles. The topological polar surface area (TPSA) is 627 Å². The molecule has 0 bridgehead atoms. The predicted molar refractivity (Wildman–Crippen MR) is 339 cm³/mol. The molecule has 0 aliphatic carbocycles. The van der Waals surface area contributed by atoms with Crippen LogP contribution < -0.4 is 60.6 Å². The van der Waals surface area contributed by atoms with E-state index in [1.54, 1.807) is 10.8 Å².